The number of benzene rings is 1. The molecule has 10 heteroatoms. The zero-order valence-corrected chi connectivity index (χ0v) is 26.9. The van der Waals surface area contributed by atoms with Gasteiger partial charge in [0.1, 0.15) is 12.2 Å². The van der Waals surface area contributed by atoms with Gasteiger partial charge in [-0.3, -0.25) is 9.79 Å². The van der Waals surface area contributed by atoms with Gasteiger partial charge in [0, 0.05) is 44.3 Å². The number of esters is 1. The summed E-state index contributed by atoms with van der Waals surface area (Å²) < 4.78 is 12.4. The molecular formula is C35H52N4O6. The fraction of sp³-hybridized carbons (Fsp3) is 0.714. The molecule has 0 radical (unpaired) electrons. The third kappa shape index (κ3) is 8.24. The van der Waals surface area contributed by atoms with Crippen molar-refractivity contribution >= 4 is 11.9 Å². The first-order valence-electron chi connectivity index (χ1n) is 16.9. The van der Waals surface area contributed by atoms with Gasteiger partial charge in [-0.15, -0.1) is 0 Å². The van der Waals surface area contributed by atoms with Gasteiger partial charge in [0.25, 0.3) is 0 Å². The van der Waals surface area contributed by atoms with Gasteiger partial charge >= 0.3 is 5.97 Å². The molecule has 5 rings (SSSR count). The molecule has 1 aromatic carbocycles. The lowest BCUT2D eigenvalue weighted by Gasteiger charge is -2.43. The molecule has 2 aliphatic carbocycles. The first-order chi connectivity index (χ1) is 21.7. The van der Waals surface area contributed by atoms with E-state index in [1.54, 1.807) is 13.1 Å². The molecule has 0 aromatic heterocycles. The Kier molecular flexibility index (Phi) is 11.2. The fourth-order valence-electron chi connectivity index (χ4n) is 8.10. The lowest BCUT2D eigenvalue weighted by atomic mass is 9.66. The lowest BCUT2D eigenvalue weighted by molar-refractivity contribution is -0.152. The van der Waals surface area contributed by atoms with Crippen LogP contribution in [0.4, 0.5) is 0 Å². The van der Waals surface area contributed by atoms with Crippen molar-refractivity contribution in [2.24, 2.45) is 28.0 Å². The number of aliphatic hydroxyl groups is 2. The maximum Gasteiger partial charge on any atom is 0.302 e. The second-order valence-corrected chi connectivity index (χ2v) is 13.6. The van der Waals surface area contributed by atoms with Crippen LogP contribution < -0.4 is 21.1 Å². The van der Waals surface area contributed by atoms with E-state index < -0.39 is 18.2 Å². The molecule has 10 nitrogen and oxygen atoms in total. The molecule has 7 N–H and O–H groups in total. The second-order valence-electron chi connectivity index (χ2n) is 13.6. The molecule has 1 aromatic rings. The topological polar surface area (TPSA) is 159 Å². The smallest absolute Gasteiger partial charge is 0.302 e. The van der Waals surface area contributed by atoms with Crippen molar-refractivity contribution < 1.29 is 29.6 Å². The van der Waals surface area contributed by atoms with Crippen molar-refractivity contribution in [1.29, 1.82) is 0 Å². The van der Waals surface area contributed by atoms with Crippen LogP contribution in [0.3, 0.4) is 0 Å². The number of hydrogen-bond donors (Lipinski definition) is 6. The summed E-state index contributed by atoms with van der Waals surface area (Å²) in [6.07, 6.45) is 9.06. The first kappa shape index (κ1) is 33.4. The molecule has 8 atom stereocenters. The molecule has 2 heterocycles. The Morgan fingerprint density at radius 3 is 2.80 bits per heavy atom. The van der Waals surface area contributed by atoms with E-state index in [9.17, 15) is 20.1 Å². The number of aliphatic imine (C=N–C) groups is 1. The van der Waals surface area contributed by atoms with Crippen molar-refractivity contribution in [3.63, 3.8) is 0 Å². The number of nitrogens with two attached hydrogens (primary N) is 1. The number of phenols is 1. The minimum atomic E-state index is -0.685. The average molecular weight is 625 g/mol. The summed E-state index contributed by atoms with van der Waals surface area (Å²) in [6.45, 7) is 2.01. The van der Waals surface area contributed by atoms with E-state index in [1.165, 1.54) is 6.92 Å². The Morgan fingerprint density at radius 1 is 1.18 bits per heavy atom. The Bertz CT molecular complexity index is 1280. The zero-order chi connectivity index (χ0) is 32.0. The van der Waals surface area contributed by atoms with Crippen molar-refractivity contribution in [3.05, 3.63) is 23.3 Å². The van der Waals surface area contributed by atoms with E-state index >= 15 is 0 Å². The van der Waals surface area contributed by atoms with Gasteiger partial charge in [-0.25, -0.2) is 0 Å². The number of rotatable bonds is 3. The van der Waals surface area contributed by atoms with E-state index in [1.807, 2.05) is 6.07 Å². The zero-order valence-electron chi connectivity index (χ0n) is 26.9. The van der Waals surface area contributed by atoms with Gasteiger partial charge < -0.3 is 41.2 Å². The highest BCUT2D eigenvalue weighted by Crippen LogP contribution is 2.43. The van der Waals surface area contributed by atoms with Crippen LogP contribution in [0.1, 0.15) is 95.1 Å². The third-order valence-corrected chi connectivity index (χ3v) is 10.6. The molecule has 1 saturated heterocycles. The number of guanidine groups is 1. The summed E-state index contributed by atoms with van der Waals surface area (Å²) in [4.78, 5) is 16.6. The van der Waals surface area contributed by atoms with E-state index in [4.69, 9.17) is 15.2 Å². The predicted molar refractivity (Wildman–Crippen MR) is 173 cm³/mol. The maximum absolute atomic E-state index is 12.5. The number of carbonyl (C=O) groups is 1. The summed E-state index contributed by atoms with van der Waals surface area (Å²) in [5.74, 6) is 7.58. The molecule has 0 amide bonds. The number of aromatic hydroxyl groups is 1. The van der Waals surface area contributed by atoms with Gasteiger partial charge in [0.05, 0.1) is 18.1 Å². The number of hydrogen-bond acceptors (Lipinski definition) is 8. The van der Waals surface area contributed by atoms with Gasteiger partial charge in [0.15, 0.2) is 17.5 Å². The summed E-state index contributed by atoms with van der Waals surface area (Å²) in [5, 5.41) is 39.8. The lowest BCUT2D eigenvalue weighted by Crippen LogP contribution is -2.52. The van der Waals surface area contributed by atoms with Crippen LogP contribution in [-0.2, 0) is 22.6 Å². The van der Waals surface area contributed by atoms with Crippen LogP contribution >= 0.6 is 0 Å². The molecule has 4 bridgehead atoms. The standard InChI is InChI=1S/C35H52N4O6/c1-22(41)44-31-20-27(42)10-14-35(12-4-3-8-33(35)39-34(36)37-2)13-9-23-6-5-7-26-19-28(11-15-38-26)45-32-18-24(16-29(23)31)25(21-40)17-30(32)43/h17-18,23,26-29,31,33,38,40,42-43H,3-8,10-12,14-16,19-21H2,1-2H3,(H3,36,37,39)/t23-,26-,27+,28-,29+,31+,33-,35-/m1/s1. The number of nitrogens with zero attached hydrogens (tertiary/aromatic N) is 1. The number of ether oxygens (including phenoxy) is 2. The predicted octanol–water partition coefficient (Wildman–Crippen LogP) is 3.29. The van der Waals surface area contributed by atoms with Crippen LogP contribution in [0.2, 0.25) is 0 Å². The summed E-state index contributed by atoms with van der Waals surface area (Å²) >= 11 is 0. The number of carbonyl (C=O) groups excluding carboxylic acids is 1. The minimum Gasteiger partial charge on any atom is -0.504 e. The molecule has 2 fully saturated rings. The molecule has 1 spiro atoms. The summed E-state index contributed by atoms with van der Waals surface area (Å²) in [6, 6.07) is 3.74. The third-order valence-electron chi connectivity index (χ3n) is 10.6. The number of fused-ring (bicyclic) bond motifs is 5. The highest BCUT2D eigenvalue weighted by atomic mass is 16.5. The summed E-state index contributed by atoms with van der Waals surface area (Å²) in [5.41, 5.74) is 7.23. The summed E-state index contributed by atoms with van der Waals surface area (Å²) in [7, 11) is 1.68. The Balaban J connectivity index is 1.62. The molecule has 248 valence electrons. The molecule has 2 aliphatic heterocycles. The van der Waals surface area contributed by atoms with E-state index in [0.29, 0.717) is 43.0 Å². The molecule has 45 heavy (non-hydrogen) atoms. The Morgan fingerprint density at radius 2 is 2.02 bits per heavy atom. The van der Waals surface area contributed by atoms with Crippen LogP contribution in [0.25, 0.3) is 0 Å². The quantitative estimate of drug-likeness (QED) is 0.128. The van der Waals surface area contributed by atoms with Crippen LogP contribution in [0.5, 0.6) is 11.5 Å². The fourth-order valence-corrected chi connectivity index (χ4v) is 8.10. The Labute approximate surface area is 267 Å². The number of nitrogens with one attached hydrogen (secondary N) is 2. The highest BCUT2D eigenvalue weighted by Gasteiger charge is 2.42. The molecular weight excluding hydrogens is 572 g/mol. The largest absolute Gasteiger partial charge is 0.504 e. The van der Waals surface area contributed by atoms with Gasteiger partial charge in [-0.05, 0) is 87.6 Å². The maximum atomic E-state index is 12.5. The normalized spacial score (nSPS) is 34.3. The van der Waals surface area contributed by atoms with Gasteiger partial charge in [-0.1, -0.05) is 31.1 Å². The number of aliphatic hydroxyl groups excluding tert-OH is 2. The number of phenolic OH excluding ortho intramolecular Hbond substituents is 1. The first-order valence-corrected chi connectivity index (χ1v) is 16.9. The van der Waals surface area contributed by atoms with Crippen LogP contribution in [-0.4, -0.2) is 71.2 Å². The highest BCUT2D eigenvalue weighted by molar-refractivity contribution is 5.78. The van der Waals surface area contributed by atoms with Crippen molar-refractivity contribution in [1.82, 2.24) is 10.6 Å². The SMILES string of the molecule is CN=C(N)N[C@@H]1CCCC[C@]12C#C[C@H]1CCC[C@@H]3C[C@@H](CCN3)Oc3cc(c(CO)cc3O)C[C@@H]1[C@@H](OC(C)=O)C[C@@H](O)CC2. The van der Waals surface area contributed by atoms with Crippen molar-refractivity contribution in [3.8, 4) is 23.3 Å². The minimum absolute atomic E-state index is 0.00897. The van der Waals surface area contributed by atoms with E-state index in [2.05, 4.69) is 27.5 Å². The van der Waals surface area contributed by atoms with Crippen molar-refractivity contribution in [2.45, 2.75) is 127 Å². The monoisotopic (exact) mass is 624 g/mol. The van der Waals surface area contributed by atoms with Gasteiger partial charge in [-0.2, -0.15) is 0 Å². The second kappa shape index (κ2) is 15.1. The molecule has 4 aliphatic rings. The number of piperidine rings is 1. The van der Waals surface area contributed by atoms with Crippen LogP contribution in [0.15, 0.2) is 17.1 Å². The molecule has 1 saturated carbocycles. The van der Waals surface area contributed by atoms with Gasteiger partial charge in [0.2, 0.25) is 0 Å². The molecule has 0 unspecified atom stereocenters. The Hall–Kier alpha value is -3.00. The average Bonchev–Trinajstić information content (AvgIpc) is 3.02. The van der Waals surface area contributed by atoms with Crippen molar-refractivity contribution in [2.75, 3.05) is 13.6 Å². The van der Waals surface area contributed by atoms with E-state index in [0.717, 1.165) is 69.9 Å². The van der Waals surface area contributed by atoms with E-state index in [-0.39, 0.29) is 47.8 Å². The van der Waals surface area contributed by atoms with Crippen LogP contribution in [0, 0.1) is 29.1 Å².